The molecule has 8 nitrogen and oxygen atoms in total. The molecule has 0 radical (unpaired) electrons. The van der Waals surface area contributed by atoms with E-state index in [2.05, 4.69) is 0 Å². The number of rotatable bonds is 4. The Morgan fingerprint density at radius 1 is 1.10 bits per heavy atom. The number of esters is 1. The van der Waals surface area contributed by atoms with Crippen LogP contribution in [-0.4, -0.2) is 28.5 Å². The number of benzene rings is 2. The number of hydrogen-bond acceptors (Lipinski definition) is 6. The zero-order chi connectivity index (χ0) is 21.4. The molecule has 0 spiro atoms. The highest BCUT2D eigenvalue weighted by Crippen LogP contribution is 2.30. The summed E-state index contributed by atoms with van der Waals surface area (Å²) < 4.78 is 11.9. The first-order valence-corrected chi connectivity index (χ1v) is 8.99. The van der Waals surface area contributed by atoms with E-state index in [0.29, 0.717) is 22.2 Å². The molecule has 150 valence electrons. The fourth-order valence-electron chi connectivity index (χ4n) is 3.33. The average molecular weight is 404 g/mol. The fraction of sp³-hybridized carbons (Fsp3) is 0.0909. The Bertz CT molecular complexity index is 1310. The lowest BCUT2D eigenvalue weighted by molar-refractivity contribution is -0.384. The van der Waals surface area contributed by atoms with E-state index in [0.717, 1.165) is 5.56 Å². The van der Waals surface area contributed by atoms with Crippen molar-refractivity contribution < 1.29 is 23.7 Å². The van der Waals surface area contributed by atoms with Crippen LogP contribution in [0.15, 0.2) is 65.2 Å². The number of nitro groups is 1. The maximum atomic E-state index is 13.1. The molecule has 0 saturated heterocycles. The topological polar surface area (TPSA) is 105 Å². The monoisotopic (exact) mass is 404 g/mol. The van der Waals surface area contributed by atoms with Crippen molar-refractivity contribution in [3.05, 3.63) is 87.8 Å². The standard InChI is InChI=1S/C22H16N2O6/c1-13-7-8-14(24(27)28)11-16(13)19-9-10-20(30-19)21(25)23-12-17(22(26)29-2)15-5-3-4-6-18(15)23/h3-12H,1-2H3. The molecule has 30 heavy (non-hydrogen) atoms. The predicted octanol–water partition coefficient (Wildman–Crippen LogP) is 4.59. The number of aromatic nitrogens is 1. The fourth-order valence-corrected chi connectivity index (χ4v) is 3.33. The van der Waals surface area contributed by atoms with Gasteiger partial charge < -0.3 is 9.15 Å². The van der Waals surface area contributed by atoms with Gasteiger partial charge in [0.05, 0.1) is 23.1 Å². The number of carbonyl (C=O) groups excluding carboxylic acids is 2. The first-order chi connectivity index (χ1) is 14.4. The molecule has 8 heteroatoms. The number of carbonyl (C=O) groups is 2. The second kappa shape index (κ2) is 7.32. The van der Waals surface area contributed by atoms with Gasteiger partial charge in [-0.2, -0.15) is 0 Å². The van der Waals surface area contributed by atoms with Crippen LogP contribution in [0.25, 0.3) is 22.2 Å². The molecule has 2 heterocycles. The molecule has 0 bridgehead atoms. The molecular formula is C22H16N2O6. The molecule has 4 aromatic rings. The van der Waals surface area contributed by atoms with E-state index in [1.807, 2.05) is 0 Å². The quantitative estimate of drug-likeness (QED) is 0.280. The Labute approximate surface area is 170 Å². The van der Waals surface area contributed by atoms with Gasteiger partial charge in [-0.1, -0.05) is 24.3 Å². The minimum absolute atomic E-state index is 0.0353. The van der Waals surface area contributed by atoms with Crippen LogP contribution in [0, 0.1) is 17.0 Å². The lowest BCUT2D eigenvalue weighted by Gasteiger charge is -2.03. The first kappa shape index (κ1) is 19.1. The van der Waals surface area contributed by atoms with Crippen molar-refractivity contribution in [2.75, 3.05) is 7.11 Å². The Balaban J connectivity index is 1.77. The number of aryl methyl sites for hydroxylation is 1. The number of nitro benzene ring substituents is 1. The molecule has 0 atom stereocenters. The van der Waals surface area contributed by atoms with Gasteiger partial charge in [0.2, 0.25) is 0 Å². The van der Waals surface area contributed by atoms with Crippen molar-refractivity contribution in [3.8, 4) is 11.3 Å². The van der Waals surface area contributed by atoms with E-state index in [4.69, 9.17) is 9.15 Å². The highest BCUT2D eigenvalue weighted by molar-refractivity contribution is 6.09. The molecule has 0 aliphatic heterocycles. The summed E-state index contributed by atoms with van der Waals surface area (Å²) in [6, 6.07) is 14.5. The molecule has 4 rings (SSSR count). The Morgan fingerprint density at radius 3 is 2.60 bits per heavy atom. The summed E-state index contributed by atoms with van der Waals surface area (Å²) in [6.07, 6.45) is 1.42. The zero-order valence-electron chi connectivity index (χ0n) is 16.1. The van der Waals surface area contributed by atoms with Gasteiger partial charge in [0.25, 0.3) is 11.6 Å². The zero-order valence-corrected chi connectivity index (χ0v) is 16.1. The molecular weight excluding hydrogens is 388 g/mol. The van der Waals surface area contributed by atoms with Gasteiger partial charge in [0, 0.05) is 29.3 Å². The summed E-state index contributed by atoms with van der Waals surface area (Å²) in [7, 11) is 1.27. The van der Waals surface area contributed by atoms with Crippen LogP contribution in [0.1, 0.15) is 26.5 Å². The SMILES string of the molecule is COC(=O)c1cn(C(=O)c2ccc(-c3cc([N+](=O)[O-])ccc3C)o2)c2ccccc12. The van der Waals surface area contributed by atoms with Crippen LogP contribution >= 0.6 is 0 Å². The minimum atomic E-state index is -0.551. The third-order valence-corrected chi connectivity index (χ3v) is 4.85. The highest BCUT2D eigenvalue weighted by Gasteiger charge is 2.22. The third kappa shape index (κ3) is 3.14. The maximum Gasteiger partial charge on any atom is 0.340 e. The Morgan fingerprint density at radius 2 is 1.87 bits per heavy atom. The largest absolute Gasteiger partial charge is 0.465 e. The third-order valence-electron chi connectivity index (χ3n) is 4.85. The summed E-state index contributed by atoms with van der Waals surface area (Å²) in [5.74, 6) is -0.655. The molecule has 0 fully saturated rings. The number of methoxy groups -OCH3 is 1. The summed E-state index contributed by atoms with van der Waals surface area (Å²) in [5.41, 5.74) is 2.03. The summed E-state index contributed by atoms with van der Waals surface area (Å²) >= 11 is 0. The molecule has 0 aliphatic rings. The van der Waals surface area contributed by atoms with Gasteiger partial charge in [-0.3, -0.25) is 19.5 Å². The van der Waals surface area contributed by atoms with Crippen LogP contribution in [0.3, 0.4) is 0 Å². The predicted molar refractivity (Wildman–Crippen MR) is 109 cm³/mol. The van der Waals surface area contributed by atoms with E-state index in [1.165, 1.54) is 36.1 Å². The molecule has 0 saturated carbocycles. The number of para-hydroxylation sites is 1. The number of non-ortho nitro benzene ring substituents is 1. The van der Waals surface area contributed by atoms with E-state index >= 15 is 0 Å². The van der Waals surface area contributed by atoms with Crippen molar-refractivity contribution in [3.63, 3.8) is 0 Å². The molecule has 2 aromatic heterocycles. The van der Waals surface area contributed by atoms with E-state index < -0.39 is 16.8 Å². The Hall–Kier alpha value is -4.20. The normalized spacial score (nSPS) is 10.9. The lowest BCUT2D eigenvalue weighted by atomic mass is 10.1. The van der Waals surface area contributed by atoms with Crippen molar-refractivity contribution in [1.29, 1.82) is 0 Å². The second-order valence-electron chi connectivity index (χ2n) is 6.65. The lowest BCUT2D eigenvalue weighted by Crippen LogP contribution is -2.10. The van der Waals surface area contributed by atoms with Gasteiger partial charge in [0.15, 0.2) is 5.76 Å². The molecule has 0 aliphatic carbocycles. The number of ether oxygens (including phenoxy) is 1. The number of hydrogen-bond donors (Lipinski definition) is 0. The van der Waals surface area contributed by atoms with Crippen LogP contribution in [0.5, 0.6) is 0 Å². The van der Waals surface area contributed by atoms with Crippen LogP contribution < -0.4 is 0 Å². The van der Waals surface area contributed by atoms with Crippen molar-refractivity contribution in [2.24, 2.45) is 0 Å². The number of nitrogens with zero attached hydrogens (tertiary/aromatic N) is 2. The van der Waals surface area contributed by atoms with Crippen molar-refractivity contribution in [2.45, 2.75) is 6.92 Å². The van der Waals surface area contributed by atoms with Crippen LogP contribution in [-0.2, 0) is 4.74 Å². The first-order valence-electron chi connectivity index (χ1n) is 8.99. The number of fused-ring (bicyclic) bond motifs is 1. The van der Waals surface area contributed by atoms with Crippen molar-refractivity contribution >= 4 is 28.5 Å². The average Bonchev–Trinajstić information content (AvgIpc) is 3.38. The minimum Gasteiger partial charge on any atom is -0.465 e. The van der Waals surface area contributed by atoms with Crippen molar-refractivity contribution in [1.82, 2.24) is 4.57 Å². The highest BCUT2D eigenvalue weighted by atomic mass is 16.6. The van der Waals surface area contributed by atoms with Gasteiger partial charge in [-0.05, 0) is 30.7 Å². The van der Waals surface area contributed by atoms with Crippen LogP contribution in [0.4, 0.5) is 5.69 Å². The summed E-state index contributed by atoms with van der Waals surface area (Å²) in [6.45, 7) is 1.80. The smallest absolute Gasteiger partial charge is 0.340 e. The van der Waals surface area contributed by atoms with Gasteiger partial charge in [0.1, 0.15) is 5.76 Å². The second-order valence-corrected chi connectivity index (χ2v) is 6.65. The molecule has 0 unspecified atom stereocenters. The van der Waals surface area contributed by atoms with Gasteiger partial charge in [-0.25, -0.2) is 4.79 Å². The van der Waals surface area contributed by atoms with Gasteiger partial charge >= 0.3 is 5.97 Å². The molecule has 0 N–H and O–H groups in total. The van der Waals surface area contributed by atoms with E-state index in [-0.39, 0.29) is 17.0 Å². The van der Waals surface area contributed by atoms with Gasteiger partial charge in [-0.15, -0.1) is 0 Å². The molecule has 2 aromatic carbocycles. The number of furan rings is 1. The summed E-state index contributed by atoms with van der Waals surface area (Å²) in [5, 5.41) is 11.7. The van der Waals surface area contributed by atoms with Crippen LogP contribution in [0.2, 0.25) is 0 Å². The van der Waals surface area contributed by atoms with E-state index in [9.17, 15) is 19.7 Å². The van der Waals surface area contributed by atoms with E-state index in [1.54, 1.807) is 43.3 Å². The molecule has 0 amide bonds. The Kier molecular flexibility index (Phi) is 4.67. The summed E-state index contributed by atoms with van der Waals surface area (Å²) in [4.78, 5) is 35.8. The maximum absolute atomic E-state index is 13.1.